The predicted octanol–water partition coefficient (Wildman–Crippen LogP) is 3.51. The Hall–Kier alpha value is -1.09. The van der Waals surface area contributed by atoms with E-state index in [-0.39, 0.29) is 30.1 Å². The molecule has 29 heavy (non-hydrogen) atoms. The molecule has 0 amide bonds. The maximum Gasteiger partial charge on any atom is 0.194 e. The topological polar surface area (TPSA) is 53.0 Å². The van der Waals surface area contributed by atoms with Gasteiger partial charge in [-0.15, -0.1) is 24.0 Å². The number of morpholine rings is 1. The molecular formula is C22H36IN5O. The zero-order valence-electron chi connectivity index (χ0n) is 17.8. The number of nitrogens with one attached hydrogen (secondary N) is 1. The number of aromatic nitrogens is 1. The van der Waals surface area contributed by atoms with Gasteiger partial charge in [-0.2, -0.15) is 0 Å². The minimum Gasteiger partial charge on any atom is -0.375 e. The highest BCUT2D eigenvalue weighted by molar-refractivity contribution is 14.0. The highest BCUT2D eigenvalue weighted by Crippen LogP contribution is 2.36. The van der Waals surface area contributed by atoms with Crippen molar-refractivity contribution < 1.29 is 4.74 Å². The van der Waals surface area contributed by atoms with E-state index in [4.69, 9.17) is 9.73 Å². The lowest BCUT2D eigenvalue weighted by Gasteiger charge is -2.32. The Labute approximate surface area is 192 Å². The van der Waals surface area contributed by atoms with Crippen LogP contribution in [-0.2, 0) is 11.3 Å². The molecule has 3 heterocycles. The molecule has 2 saturated heterocycles. The summed E-state index contributed by atoms with van der Waals surface area (Å²) in [6.45, 7) is 10.8. The van der Waals surface area contributed by atoms with Crippen molar-refractivity contribution in [3.63, 3.8) is 0 Å². The molecule has 3 aliphatic rings. The predicted molar refractivity (Wildman–Crippen MR) is 129 cm³/mol. The van der Waals surface area contributed by atoms with Crippen LogP contribution in [0.3, 0.4) is 0 Å². The summed E-state index contributed by atoms with van der Waals surface area (Å²) >= 11 is 0. The maximum atomic E-state index is 5.63. The number of hydrogen-bond donors (Lipinski definition) is 1. The molecule has 0 spiro atoms. The summed E-state index contributed by atoms with van der Waals surface area (Å²) in [5.74, 6) is 3.85. The van der Waals surface area contributed by atoms with Crippen LogP contribution in [0.4, 0.5) is 5.82 Å². The van der Waals surface area contributed by atoms with E-state index >= 15 is 0 Å². The molecule has 6 nitrogen and oxygen atoms in total. The molecule has 4 rings (SSSR count). The van der Waals surface area contributed by atoms with Crippen LogP contribution in [0.2, 0.25) is 0 Å². The third-order valence-corrected chi connectivity index (χ3v) is 6.40. The van der Waals surface area contributed by atoms with E-state index < -0.39 is 0 Å². The van der Waals surface area contributed by atoms with E-state index in [0.29, 0.717) is 6.54 Å². The molecule has 7 heteroatoms. The molecule has 3 fully saturated rings. The number of halogens is 1. The van der Waals surface area contributed by atoms with E-state index in [1.54, 1.807) is 0 Å². The van der Waals surface area contributed by atoms with Gasteiger partial charge in [0.25, 0.3) is 0 Å². The number of likely N-dealkylation sites (tertiary alicyclic amines) is 1. The third-order valence-electron chi connectivity index (χ3n) is 6.40. The van der Waals surface area contributed by atoms with E-state index in [1.807, 2.05) is 6.20 Å². The van der Waals surface area contributed by atoms with Gasteiger partial charge < -0.3 is 19.9 Å². The van der Waals surface area contributed by atoms with Crippen molar-refractivity contribution in [1.29, 1.82) is 0 Å². The minimum atomic E-state index is 0. The second kappa shape index (κ2) is 10.8. The number of rotatable bonds is 4. The van der Waals surface area contributed by atoms with E-state index in [9.17, 15) is 0 Å². The highest BCUT2D eigenvalue weighted by atomic mass is 127. The van der Waals surface area contributed by atoms with Crippen LogP contribution in [0, 0.1) is 11.8 Å². The van der Waals surface area contributed by atoms with Gasteiger partial charge in [-0.1, -0.05) is 18.9 Å². The highest BCUT2D eigenvalue weighted by Gasteiger charge is 2.35. The first-order valence-corrected chi connectivity index (χ1v) is 11.1. The van der Waals surface area contributed by atoms with E-state index in [1.165, 1.54) is 38.8 Å². The smallest absolute Gasteiger partial charge is 0.194 e. The zero-order valence-corrected chi connectivity index (χ0v) is 20.2. The fraction of sp³-hybridized carbons (Fsp3) is 0.727. The Bertz CT molecular complexity index is 654. The Kier molecular flexibility index (Phi) is 8.41. The molecule has 162 valence electrons. The summed E-state index contributed by atoms with van der Waals surface area (Å²) in [6.07, 6.45) is 7.85. The first kappa shape index (κ1) is 22.6. The zero-order chi connectivity index (χ0) is 19.3. The normalized spacial score (nSPS) is 27.4. The lowest BCUT2D eigenvalue weighted by atomic mass is 9.82. The van der Waals surface area contributed by atoms with Crippen LogP contribution in [0.5, 0.6) is 0 Å². The first-order chi connectivity index (χ1) is 13.7. The summed E-state index contributed by atoms with van der Waals surface area (Å²) in [5, 5.41) is 3.51. The Morgan fingerprint density at radius 2 is 1.97 bits per heavy atom. The molecule has 1 saturated carbocycles. The molecular weight excluding hydrogens is 477 g/mol. The molecule has 1 aromatic heterocycles. The Morgan fingerprint density at radius 3 is 2.59 bits per heavy atom. The summed E-state index contributed by atoms with van der Waals surface area (Å²) in [4.78, 5) is 14.4. The van der Waals surface area contributed by atoms with Crippen molar-refractivity contribution in [3.8, 4) is 0 Å². The maximum absolute atomic E-state index is 5.63. The van der Waals surface area contributed by atoms with Gasteiger partial charge in [0.1, 0.15) is 5.82 Å². The monoisotopic (exact) mass is 513 g/mol. The molecule has 3 unspecified atom stereocenters. The number of fused-ring (bicyclic) bond motifs is 1. The molecule has 2 aliphatic heterocycles. The molecule has 0 radical (unpaired) electrons. The fourth-order valence-electron chi connectivity index (χ4n) is 4.89. The van der Waals surface area contributed by atoms with Crippen LogP contribution in [0.25, 0.3) is 0 Å². The van der Waals surface area contributed by atoms with Crippen molar-refractivity contribution >= 4 is 35.8 Å². The fourth-order valence-corrected chi connectivity index (χ4v) is 4.89. The van der Waals surface area contributed by atoms with Crippen LogP contribution >= 0.6 is 24.0 Å². The van der Waals surface area contributed by atoms with Gasteiger partial charge in [0, 0.05) is 38.9 Å². The molecule has 0 bridgehead atoms. The number of pyridine rings is 1. The second-order valence-corrected chi connectivity index (χ2v) is 8.53. The SMILES string of the molecule is CCNC(=NCc1ccc(N2CCOC(C)C2)nc1)N1CC2CCCCC2C1.I. The van der Waals surface area contributed by atoms with Gasteiger partial charge in [0.15, 0.2) is 5.96 Å². The van der Waals surface area contributed by atoms with Gasteiger partial charge in [-0.3, -0.25) is 0 Å². The molecule has 3 atom stereocenters. The standard InChI is InChI=1S/C22H35N5O.HI/c1-3-23-22(27-15-19-6-4-5-7-20(19)16-27)25-13-18-8-9-21(24-12-18)26-10-11-28-17(2)14-26;/h8-9,12,17,19-20H,3-7,10-11,13-16H2,1-2H3,(H,23,25);1H. The van der Waals surface area contributed by atoms with Crippen molar-refractivity contribution in [2.75, 3.05) is 44.2 Å². The van der Waals surface area contributed by atoms with Crippen LogP contribution < -0.4 is 10.2 Å². The average Bonchev–Trinajstić information content (AvgIpc) is 3.15. The second-order valence-electron chi connectivity index (χ2n) is 8.53. The largest absolute Gasteiger partial charge is 0.375 e. The first-order valence-electron chi connectivity index (χ1n) is 11.1. The number of ether oxygens (including phenoxy) is 1. The minimum absolute atomic E-state index is 0. The summed E-state index contributed by atoms with van der Waals surface area (Å²) in [6, 6.07) is 4.29. The lowest BCUT2D eigenvalue weighted by Crippen LogP contribution is -2.41. The third kappa shape index (κ3) is 5.75. The number of aliphatic imine (C=N–C) groups is 1. The summed E-state index contributed by atoms with van der Waals surface area (Å²) in [7, 11) is 0. The lowest BCUT2D eigenvalue weighted by molar-refractivity contribution is 0.0529. The van der Waals surface area contributed by atoms with Crippen LogP contribution in [0.15, 0.2) is 23.3 Å². The van der Waals surface area contributed by atoms with Gasteiger partial charge in [0.05, 0.1) is 19.3 Å². The van der Waals surface area contributed by atoms with Crippen molar-refractivity contribution in [2.45, 2.75) is 52.2 Å². The number of hydrogen-bond acceptors (Lipinski definition) is 4. The molecule has 1 aromatic rings. The Morgan fingerprint density at radius 1 is 1.21 bits per heavy atom. The quantitative estimate of drug-likeness (QED) is 0.380. The van der Waals surface area contributed by atoms with Gasteiger partial charge in [0.2, 0.25) is 0 Å². The van der Waals surface area contributed by atoms with Gasteiger partial charge in [-0.05, 0) is 50.2 Å². The van der Waals surface area contributed by atoms with Crippen molar-refractivity contribution in [3.05, 3.63) is 23.9 Å². The van der Waals surface area contributed by atoms with Crippen LogP contribution in [0.1, 0.15) is 45.1 Å². The number of guanidine groups is 1. The molecule has 0 aromatic carbocycles. The van der Waals surface area contributed by atoms with E-state index in [2.05, 4.69) is 46.1 Å². The molecule has 1 N–H and O–H groups in total. The molecule has 1 aliphatic carbocycles. The average molecular weight is 513 g/mol. The van der Waals surface area contributed by atoms with Gasteiger partial charge in [-0.25, -0.2) is 9.98 Å². The van der Waals surface area contributed by atoms with Crippen LogP contribution in [-0.4, -0.2) is 61.3 Å². The summed E-state index contributed by atoms with van der Waals surface area (Å²) in [5.41, 5.74) is 1.16. The van der Waals surface area contributed by atoms with Crippen molar-refractivity contribution in [2.24, 2.45) is 16.8 Å². The summed E-state index contributed by atoms with van der Waals surface area (Å²) < 4.78 is 5.63. The van der Waals surface area contributed by atoms with Gasteiger partial charge >= 0.3 is 0 Å². The Balaban J connectivity index is 0.00000240. The van der Waals surface area contributed by atoms with Crippen molar-refractivity contribution in [1.82, 2.24) is 15.2 Å². The van der Waals surface area contributed by atoms with E-state index in [0.717, 1.165) is 55.4 Å². The number of nitrogens with zero attached hydrogens (tertiary/aromatic N) is 4. The number of anilines is 1.